The van der Waals surface area contributed by atoms with E-state index in [1.165, 1.54) is 0 Å². The highest BCUT2D eigenvalue weighted by molar-refractivity contribution is 5.31. The maximum atomic E-state index is 5.67. The van der Waals surface area contributed by atoms with Crippen molar-refractivity contribution >= 4 is 0 Å². The fourth-order valence-corrected chi connectivity index (χ4v) is 2.25. The van der Waals surface area contributed by atoms with Crippen LogP contribution >= 0.6 is 0 Å². The molecule has 0 aliphatic carbocycles. The predicted octanol–water partition coefficient (Wildman–Crippen LogP) is 2.25. The maximum absolute atomic E-state index is 5.67. The van der Waals surface area contributed by atoms with Crippen molar-refractivity contribution in [2.45, 2.75) is 13.8 Å². The average Bonchev–Trinajstić information content (AvgIpc) is 2.37. The highest BCUT2D eigenvalue weighted by atomic mass is 16.5. The molecule has 4 nitrogen and oxygen atoms in total. The summed E-state index contributed by atoms with van der Waals surface area (Å²) in [6.07, 6.45) is 0. The Kier molecular flexibility index (Phi) is 6.82. The van der Waals surface area contributed by atoms with Gasteiger partial charge in [-0.3, -0.25) is 0 Å². The van der Waals surface area contributed by atoms with Gasteiger partial charge in [0, 0.05) is 19.6 Å². The lowest BCUT2D eigenvalue weighted by Crippen LogP contribution is -2.38. The molecule has 1 aromatic rings. The van der Waals surface area contributed by atoms with Crippen LogP contribution in [0.2, 0.25) is 0 Å². The molecular formula is C16H28N2O2. The van der Waals surface area contributed by atoms with Crippen LogP contribution in [0.25, 0.3) is 0 Å². The number of benzene rings is 1. The lowest BCUT2D eigenvalue weighted by atomic mass is 9.93. The topological polar surface area (TPSA) is 33.7 Å². The van der Waals surface area contributed by atoms with Crippen molar-refractivity contribution in [1.29, 1.82) is 0 Å². The van der Waals surface area contributed by atoms with E-state index >= 15 is 0 Å². The highest BCUT2D eigenvalue weighted by Gasteiger charge is 2.17. The Bertz CT molecular complexity index is 375. The number of ether oxygens (including phenoxy) is 2. The summed E-state index contributed by atoms with van der Waals surface area (Å²) in [4.78, 5) is 2.22. The van der Waals surface area contributed by atoms with E-state index < -0.39 is 0 Å². The van der Waals surface area contributed by atoms with Crippen molar-refractivity contribution in [3.8, 4) is 11.5 Å². The van der Waals surface area contributed by atoms with Crippen molar-refractivity contribution in [3.05, 3.63) is 24.3 Å². The molecule has 0 fully saturated rings. The first-order valence-electron chi connectivity index (χ1n) is 7.05. The van der Waals surface area contributed by atoms with Gasteiger partial charge >= 0.3 is 0 Å². The maximum Gasteiger partial charge on any atom is 0.119 e. The molecular weight excluding hydrogens is 252 g/mol. The fraction of sp³-hybridized carbons (Fsp3) is 0.625. The lowest BCUT2D eigenvalue weighted by Gasteiger charge is -2.28. The number of methoxy groups -OCH3 is 1. The van der Waals surface area contributed by atoms with Crippen LogP contribution in [0, 0.1) is 5.41 Å². The molecule has 1 rings (SSSR count). The Hall–Kier alpha value is -1.26. The minimum absolute atomic E-state index is 0.267. The predicted molar refractivity (Wildman–Crippen MR) is 83.7 cm³/mol. The van der Waals surface area contributed by atoms with Crippen LogP contribution in [-0.2, 0) is 0 Å². The van der Waals surface area contributed by atoms with Crippen LogP contribution < -0.4 is 14.8 Å². The molecule has 0 unspecified atom stereocenters. The normalized spacial score (nSPS) is 11.7. The Morgan fingerprint density at radius 3 is 2.25 bits per heavy atom. The average molecular weight is 280 g/mol. The van der Waals surface area contributed by atoms with Crippen LogP contribution in [-0.4, -0.2) is 52.3 Å². The van der Waals surface area contributed by atoms with E-state index in [4.69, 9.17) is 9.47 Å². The van der Waals surface area contributed by atoms with E-state index in [9.17, 15) is 0 Å². The molecule has 4 heteroatoms. The molecule has 0 aliphatic heterocycles. The van der Waals surface area contributed by atoms with Crippen LogP contribution in [0.4, 0.5) is 0 Å². The van der Waals surface area contributed by atoms with Gasteiger partial charge in [0.05, 0.1) is 7.11 Å². The quantitative estimate of drug-likeness (QED) is 0.704. The second kappa shape index (κ2) is 8.12. The number of nitrogens with one attached hydrogen (secondary N) is 1. The van der Waals surface area contributed by atoms with Gasteiger partial charge in [0.2, 0.25) is 0 Å². The van der Waals surface area contributed by atoms with Crippen LogP contribution in [0.5, 0.6) is 11.5 Å². The number of hydrogen-bond acceptors (Lipinski definition) is 4. The summed E-state index contributed by atoms with van der Waals surface area (Å²) in [5.74, 6) is 1.72. The standard InChI is InChI=1S/C16H28N2O2/c1-16(2,13-18(3)4)12-17-10-11-20-15-8-6-14(19-5)7-9-15/h6-9,17H,10-13H2,1-5H3. The van der Waals surface area contributed by atoms with Gasteiger partial charge in [-0.2, -0.15) is 0 Å². The minimum atomic E-state index is 0.267. The van der Waals surface area contributed by atoms with E-state index in [0.29, 0.717) is 6.61 Å². The molecule has 0 bridgehead atoms. The second-order valence-corrected chi connectivity index (χ2v) is 6.10. The molecule has 0 atom stereocenters. The summed E-state index contributed by atoms with van der Waals surface area (Å²) in [6.45, 7) is 8.11. The third-order valence-electron chi connectivity index (χ3n) is 2.95. The van der Waals surface area contributed by atoms with E-state index in [-0.39, 0.29) is 5.41 Å². The van der Waals surface area contributed by atoms with Crippen molar-refractivity contribution < 1.29 is 9.47 Å². The van der Waals surface area contributed by atoms with Gasteiger partial charge < -0.3 is 19.7 Å². The van der Waals surface area contributed by atoms with E-state index in [1.54, 1.807) is 7.11 Å². The van der Waals surface area contributed by atoms with Crippen molar-refractivity contribution in [2.75, 3.05) is 47.4 Å². The zero-order valence-electron chi connectivity index (χ0n) is 13.4. The first kappa shape index (κ1) is 16.8. The molecule has 0 aliphatic rings. The fourth-order valence-electron chi connectivity index (χ4n) is 2.25. The SMILES string of the molecule is COc1ccc(OCCNCC(C)(C)CN(C)C)cc1. The van der Waals surface area contributed by atoms with E-state index in [1.807, 2.05) is 24.3 Å². The van der Waals surface area contributed by atoms with Crippen LogP contribution in [0.15, 0.2) is 24.3 Å². The van der Waals surface area contributed by atoms with E-state index in [0.717, 1.165) is 31.1 Å². The highest BCUT2D eigenvalue weighted by Crippen LogP contribution is 2.17. The Morgan fingerprint density at radius 2 is 1.70 bits per heavy atom. The van der Waals surface area contributed by atoms with Crippen LogP contribution in [0.1, 0.15) is 13.8 Å². The minimum Gasteiger partial charge on any atom is -0.497 e. The summed E-state index contributed by atoms with van der Waals surface area (Å²) in [6, 6.07) is 7.66. The third-order valence-corrected chi connectivity index (χ3v) is 2.95. The third kappa shape index (κ3) is 6.78. The summed E-state index contributed by atoms with van der Waals surface area (Å²) in [5.41, 5.74) is 0.267. The van der Waals surface area contributed by atoms with Gasteiger partial charge in [0.1, 0.15) is 18.1 Å². The summed E-state index contributed by atoms with van der Waals surface area (Å²) < 4.78 is 10.8. The monoisotopic (exact) mass is 280 g/mol. The molecule has 0 amide bonds. The number of rotatable bonds is 9. The Balaban J connectivity index is 2.18. The molecule has 1 N–H and O–H groups in total. The molecule has 114 valence electrons. The van der Waals surface area contributed by atoms with Crippen molar-refractivity contribution in [2.24, 2.45) is 5.41 Å². The van der Waals surface area contributed by atoms with Gasteiger partial charge in [-0.25, -0.2) is 0 Å². The molecule has 0 aromatic heterocycles. The molecule has 0 saturated heterocycles. The molecule has 0 radical (unpaired) electrons. The zero-order chi connectivity index (χ0) is 15.0. The summed E-state index contributed by atoms with van der Waals surface area (Å²) in [5, 5.41) is 3.45. The smallest absolute Gasteiger partial charge is 0.119 e. The molecule has 0 saturated carbocycles. The second-order valence-electron chi connectivity index (χ2n) is 6.10. The summed E-state index contributed by atoms with van der Waals surface area (Å²) in [7, 11) is 5.87. The molecule has 0 spiro atoms. The number of hydrogen-bond donors (Lipinski definition) is 1. The van der Waals surface area contributed by atoms with Gasteiger partial charge in [0.25, 0.3) is 0 Å². The first-order valence-corrected chi connectivity index (χ1v) is 7.05. The van der Waals surface area contributed by atoms with Gasteiger partial charge in [0.15, 0.2) is 0 Å². The van der Waals surface area contributed by atoms with Gasteiger partial charge in [-0.15, -0.1) is 0 Å². The number of nitrogens with zero attached hydrogens (tertiary/aromatic N) is 1. The lowest BCUT2D eigenvalue weighted by molar-refractivity contribution is 0.225. The molecule has 1 aromatic carbocycles. The van der Waals surface area contributed by atoms with Crippen LogP contribution in [0.3, 0.4) is 0 Å². The van der Waals surface area contributed by atoms with Crippen molar-refractivity contribution in [3.63, 3.8) is 0 Å². The van der Waals surface area contributed by atoms with Gasteiger partial charge in [-0.05, 0) is 43.8 Å². The van der Waals surface area contributed by atoms with Gasteiger partial charge in [-0.1, -0.05) is 13.8 Å². The Morgan fingerprint density at radius 1 is 1.10 bits per heavy atom. The van der Waals surface area contributed by atoms with Crippen molar-refractivity contribution in [1.82, 2.24) is 10.2 Å². The summed E-state index contributed by atoms with van der Waals surface area (Å²) >= 11 is 0. The largest absolute Gasteiger partial charge is 0.497 e. The van der Waals surface area contributed by atoms with E-state index in [2.05, 4.69) is 38.2 Å². The molecule has 0 heterocycles. The zero-order valence-corrected chi connectivity index (χ0v) is 13.4. The molecule has 20 heavy (non-hydrogen) atoms. The first-order chi connectivity index (χ1) is 9.43. The Labute approximate surface area is 123 Å².